The highest BCUT2D eigenvalue weighted by Crippen LogP contribution is 2.48. The van der Waals surface area contributed by atoms with Crippen LogP contribution in [-0.4, -0.2) is 0 Å². The van der Waals surface area contributed by atoms with Crippen LogP contribution in [0.4, 0.5) is 17.1 Å². The first-order chi connectivity index (χ1) is 34.7. The topological polar surface area (TPSA) is 16.4 Å². The largest absolute Gasteiger partial charge is 0.455 e. The molecule has 0 bridgehead atoms. The summed E-state index contributed by atoms with van der Waals surface area (Å²) in [5, 5.41) is 7.05. The highest BCUT2D eigenvalue weighted by molar-refractivity contribution is 6.18. The van der Waals surface area contributed by atoms with Crippen LogP contribution in [0.25, 0.3) is 110 Å². The van der Waals surface area contributed by atoms with E-state index in [9.17, 15) is 0 Å². The molecular formula is C68H45NO. The average molecular weight is 892 g/mol. The number of hydrogen-bond donors (Lipinski definition) is 0. The molecule has 13 aromatic rings. The van der Waals surface area contributed by atoms with Gasteiger partial charge in [-0.15, -0.1) is 0 Å². The van der Waals surface area contributed by atoms with Crippen molar-refractivity contribution in [2.75, 3.05) is 4.90 Å². The minimum Gasteiger partial charge on any atom is -0.455 e. The Morgan fingerprint density at radius 1 is 0.257 bits per heavy atom. The second-order valence-electron chi connectivity index (χ2n) is 18.0. The quantitative estimate of drug-likeness (QED) is 0.144. The Bertz CT molecular complexity index is 4020. The van der Waals surface area contributed by atoms with Crippen LogP contribution in [0.3, 0.4) is 0 Å². The zero-order valence-electron chi connectivity index (χ0n) is 38.3. The van der Waals surface area contributed by atoms with Gasteiger partial charge in [0.1, 0.15) is 11.2 Å². The minimum absolute atomic E-state index is 0.858. The number of nitrogens with zero attached hydrogens (tertiary/aromatic N) is 1. The molecule has 0 radical (unpaired) electrons. The molecule has 0 saturated carbocycles. The van der Waals surface area contributed by atoms with E-state index in [1.54, 1.807) is 0 Å². The first-order valence-electron chi connectivity index (χ1n) is 24.0. The van der Waals surface area contributed by atoms with Crippen LogP contribution in [0.1, 0.15) is 0 Å². The highest BCUT2D eigenvalue weighted by atomic mass is 16.3. The monoisotopic (exact) mass is 891 g/mol. The van der Waals surface area contributed by atoms with Crippen LogP contribution >= 0.6 is 0 Å². The van der Waals surface area contributed by atoms with Crippen molar-refractivity contribution in [3.63, 3.8) is 0 Å². The van der Waals surface area contributed by atoms with Crippen molar-refractivity contribution in [2.45, 2.75) is 0 Å². The molecule has 328 valence electrons. The van der Waals surface area contributed by atoms with Gasteiger partial charge in [-0.3, -0.25) is 0 Å². The summed E-state index contributed by atoms with van der Waals surface area (Å²) in [5.41, 5.74) is 19.0. The smallest absolute Gasteiger partial charge is 0.145 e. The van der Waals surface area contributed by atoms with Gasteiger partial charge in [0, 0.05) is 22.3 Å². The molecule has 0 saturated heterocycles. The second-order valence-corrected chi connectivity index (χ2v) is 18.0. The SMILES string of the molecule is c1ccc(-c2cccc(-c3ccccc3-c3ccc(N(c4ccc(-c5ccc(-c6cccc7ccccc67)cc5)cc4)c4ccc(-c5cccc6ccccc56)c5oc6ccccc6c45)cc3)c2)cc1. The van der Waals surface area contributed by atoms with Crippen LogP contribution in [0, 0.1) is 0 Å². The third kappa shape index (κ3) is 7.31. The number of hydrogen-bond acceptors (Lipinski definition) is 2. The number of furan rings is 1. The Balaban J connectivity index is 0.936. The molecule has 13 rings (SSSR count). The highest BCUT2D eigenvalue weighted by Gasteiger charge is 2.23. The summed E-state index contributed by atoms with van der Waals surface area (Å²) in [6.45, 7) is 0. The Morgan fingerprint density at radius 2 is 0.700 bits per heavy atom. The van der Waals surface area contributed by atoms with Gasteiger partial charge in [0.2, 0.25) is 0 Å². The summed E-state index contributed by atoms with van der Waals surface area (Å²) in [4.78, 5) is 2.39. The van der Waals surface area contributed by atoms with Gasteiger partial charge >= 0.3 is 0 Å². The Labute approximate surface area is 407 Å². The van der Waals surface area contributed by atoms with Crippen molar-refractivity contribution in [3.8, 4) is 66.8 Å². The van der Waals surface area contributed by atoms with Crippen molar-refractivity contribution in [1.82, 2.24) is 0 Å². The predicted octanol–water partition coefficient (Wildman–Crippen LogP) is 19.4. The number of para-hydroxylation sites is 1. The summed E-state index contributed by atoms with van der Waals surface area (Å²) < 4.78 is 6.93. The summed E-state index contributed by atoms with van der Waals surface area (Å²) in [6.07, 6.45) is 0. The molecule has 1 heterocycles. The van der Waals surface area contributed by atoms with Gasteiger partial charge in [-0.1, -0.05) is 224 Å². The van der Waals surface area contributed by atoms with Gasteiger partial charge in [0.25, 0.3) is 0 Å². The molecule has 0 aliphatic heterocycles. The molecule has 0 unspecified atom stereocenters. The minimum atomic E-state index is 0.858. The molecule has 2 nitrogen and oxygen atoms in total. The summed E-state index contributed by atoms with van der Waals surface area (Å²) in [5.74, 6) is 0. The van der Waals surface area contributed by atoms with E-state index in [1.807, 2.05) is 0 Å². The zero-order valence-corrected chi connectivity index (χ0v) is 38.3. The molecule has 0 atom stereocenters. The Hall–Kier alpha value is -9.24. The average Bonchev–Trinajstić information content (AvgIpc) is 3.84. The maximum Gasteiger partial charge on any atom is 0.145 e. The molecule has 0 aliphatic carbocycles. The molecule has 12 aromatic carbocycles. The Kier molecular flexibility index (Phi) is 10.2. The van der Waals surface area contributed by atoms with Crippen molar-refractivity contribution in [1.29, 1.82) is 0 Å². The second kappa shape index (κ2) is 17.4. The zero-order chi connectivity index (χ0) is 46.4. The predicted molar refractivity (Wildman–Crippen MR) is 296 cm³/mol. The number of fused-ring (bicyclic) bond motifs is 5. The fraction of sp³-hybridized carbons (Fsp3) is 0. The van der Waals surface area contributed by atoms with Crippen molar-refractivity contribution < 1.29 is 4.42 Å². The summed E-state index contributed by atoms with van der Waals surface area (Å²) >= 11 is 0. The first-order valence-corrected chi connectivity index (χ1v) is 24.0. The normalized spacial score (nSPS) is 11.4. The van der Waals surface area contributed by atoms with E-state index in [0.29, 0.717) is 0 Å². The number of benzene rings is 12. The van der Waals surface area contributed by atoms with Crippen molar-refractivity contribution >= 4 is 60.5 Å². The van der Waals surface area contributed by atoms with E-state index in [4.69, 9.17) is 4.42 Å². The molecule has 1 aromatic heterocycles. The molecule has 2 heteroatoms. The fourth-order valence-corrected chi connectivity index (χ4v) is 10.5. The molecule has 0 N–H and O–H groups in total. The lowest BCUT2D eigenvalue weighted by Gasteiger charge is -2.27. The van der Waals surface area contributed by atoms with Gasteiger partial charge in [-0.05, 0) is 131 Å². The Morgan fingerprint density at radius 3 is 1.40 bits per heavy atom. The number of rotatable bonds is 9. The van der Waals surface area contributed by atoms with Crippen LogP contribution < -0.4 is 4.90 Å². The lowest BCUT2D eigenvalue weighted by Crippen LogP contribution is -2.10. The lowest BCUT2D eigenvalue weighted by molar-refractivity contribution is 0.670. The summed E-state index contributed by atoms with van der Waals surface area (Å²) in [7, 11) is 0. The molecule has 70 heavy (non-hydrogen) atoms. The maximum atomic E-state index is 6.93. The van der Waals surface area contributed by atoms with Gasteiger partial charge in [0.15, 0.2) is 0 Å². The molecule has 0 spiro atoms. The lowest BCUT2D eigenvalue weighted by atomic mass is 9.92. The van der Waals surface area contributed by atoms with Gasteiger partial charge in [-0.25, -0.2) is 0 Å². The fourth-order valence-electron chi connectivity index (χ4n) is 10.5. The molecule has 0 fully saturated rings. The van der Waals surface area contributed by atoms with E-state index >= 15 is 0 Å². The van der Waals surface area contributed by atoms with E-state index in [1.165, 1.54) is 66.1 Å². The van der Waals surface area contributed by atoms with Gasteiger partial charge in [0.05, 0.1) is 11.1 Å². The number of anilines is 3. The van der Waals surface area contributed by atoms with Crippen molar-refractivity contribution in [2.24, 2.45) is 0 Å². The van der Waals surface area contributed by atoms with E-state index in [2.05, 4.69) is 278 Å². The van der Waals surface area contributed by atoms with Crippen LogP contribution in [0.15, 0.2) is 277 Å². The van der Waals surface area contributed by atoms with E-state index in [-0.39, 0.29) is 0 Å². The van der Waals surface area contributed by atoms with Crippen LogP contribution in [0.5, 0.6) is 0 Å². The van der Waals surface area contributed by atoms with E-state index < -0.39 is 0 Å². The van der Waals surface area contributed by atoms with Crippen LogP contribution in [0.2, 0.25) is 0 Å². The molecular weight excluding hydrogens is 847 g/mol. The molecule has 0 aliphatic rings. The summed E-state index contributed by atoms with van der Waals surface area (Å²) in [6, 6.07) is 98.5. The van der Waals surface area contributed by atoms with Gasteiger partial charge in [-0.2, -0.15) is 0 Å². The molecule has 0 amide bonds. The third-order valence-corrected chi connectivity index (χ3v) is 13.9. The van der Waals surface area contributed by atoms with E-state index in [0.717, 1.165) is 61.3 Å². The van der Waals surface area contributed by atoms with Gasteiger partial charge < -0.3 is 9.32 Å². The van der Waals surface area contributed by atoms with Crippen LogP contribution in [-0.2, 0) is 0 Å². The first kappa shape index (κ1) is 41.0. The standard InChI is InChI=1S/C68H45NO/c1-2-15-46(16-3-1)53-21-12-22-54(45-53)61-26-9-8-24-58(61)52-37-41-56(42-38-52)69(55-39-35-48(36-40-55)47-31-33-51(34-32-47)59-28-13-19-49-17-4-6-23-57(49)59)65-44-43-63(62-29-14-20-50-18-5-7-25-60(50)62)68-67(65)64-27-10-11-30-66(64)70-68/h1-45H. The third-order valence-electron chi connectivity index (χ3n) is 13.9. The maximum absolute atomic E-state index is 6.93. The van der Waals surface area contributed by atoms with Crippen molar-refractivity contribution in [3.05, 3.63) is 273 Å².